The lowest BCUT2D eigenvalue weighted by atomic mass is 10.2. The molecule has 0 saturated heterocycles. The SMILES string of the molecule is COc1cccc(N[C@H](C)c2cc3ccccc3o2)c1[N+](=O)[O-]. The molecule has 1 atom stereocenters. The monoisotopic (exact) mass is 312 g/mol. The van der Waals surface area contributed by atoms with Crippen molar-refractivity contribution in [1.29, 1.82) is 0 Å². The highest BCUT2D eigenvalue weighted by molar-refractivity contribution is 5.78. The van der Waals surface area contributed by atoms with Gasteiger partial charge in [0.05, 0.1) is 18.1 Å². The predicted molar refractivity (Wildman–Crippen MR) is 87.9 cm³/mol. The van der Waals surface area contributed by atoms with Gasteiger partial charge in [-0.15, -0.1) is 0 Å². The van der Waals surface area contributed by atoms with Gasteiger partial charge < -0.3 is 14.5 Å². The zero-order chi connectivity index (χ0) is 16.4. The topological polar surface area (TPSA) is 77.5 Å². The van der Waals surface area contributed by atoms with E-state index >= 15 is 0 Å². The molecule has 3 aromatic rings. The standard InChI is InChI=1S/C17H16N2O4/c1-11(16-10-12-6-3-4-8-14(12)23-16)18-13-7-5-9-15(22-2)17(13)19(20)21/h3-11,18H,1-2H3/t11-/m1/s1. The molecular weight excluding hydrogens is 296 g/mol. The molecule has 0 radical (unpaired) electrons. The number of anilines is 1. The van der Waals surface area contributed by atoms with Gasteiger partial charge in [0, 0.05) is 5.39 Å². The number of para-hydroxylation sites is 2. The minimum absolute atomic E-state index is 0.0852. The number of rotatable bonds is 5. The molecule has 0 aliphatic heterocycles. The van der Waals surface area contributed by atoms with Crippen LogP contribution in [0, 0.1) is 10.1 Å². The van der Waals surface area contributed by atoms with Gasteiger partial charge in [0.25, 0.3) is 0 Å². The van der Waals surface area contributed by atoms with Crippen molar-refractivity contribution >= 4 is 22.3 Å². The highest BCUT2D eigenvalue weighted by Crippen LogP contribution is 2.36. The molecule has 0 fully saturated rings. The van der Waals surface area contributed by atoms with Crippen LogP contribution < -0.4 is 10.1 Å². The van der Waals surface area contributed by atoms with Gasteiger partial charge in [0.15, 0.2) is 5.75 Å². The van der Waals surface area contributed by atoms with Crippen LogP contribution in [0.3, 0.4) is 0 Å². The Morgan fingerprint density at radius 1 is 1.22 bits per heavy atom. The first-order valence-electron chi connectivity index (χ1n) is 7.16. The number of methoxy groups -OCH3 is 1. The Kier molecular flexibility index (Phi) is 3.89. The van der Waals surface area contributed by atoms with Gasteiger partial charge in [0.2, 0.25) is 0 Å². The maximum absolute atomic E-state index is 11.3. The lowest BCUT2D eigenvalue weighted by Gasteiger charge is -2.14. The van der Waals surface area contributed by atoms with Gasteiger partial charge >= 0.3 is 5.69 Å². The number of nitro groups is 1. The molecule has 1 heterocycles. The lowest BCUT2D eigenvalue weighted by molar-refractivity contribution is -0.384. The van der Waals surface area contributed by atoms with Crippen LogP contribution in [0.2, 0.25) is 0 Å². The van der Waals surface area contributed by atoms with Gasteiger partial charge in [-0.05, 0) is 31.2 Å². The second-order valence-corrected chi connectivity index (χ2v) is 5.17. The van der Waals surface area contributed by atoms with Crippen LogP contribution in [-0.4, -0.2) is 12.0 Å². The van der Waals surface area contributed by atoms with E-state index in [4.69, 9.17) is 9.15 Å². The van der Waals surface area contributed by atoms with E-state index < -0.39 is 4.92 Å². The second-order valence-electron chi connectivity index (χ2n) is 5.17. The Balaban J connectivity index is 1.93. The van der Waals surface area contributed by atoms with Crippen molar-refractivity contribution in [3.8, 4) is 5.75 Å². The third-order valence-electron chi connectivity index (χ3n) is 3.64. The third-order valence-corrected chi connectivity index (χ3v) is 3.64. The van der Waals surface area contributed by atoms with Crippen LogP contribution >= 0.6 is 0 Å². The first kappa shape index (κ1) is 14.9. The number of nitro benzene ring substituents is 1. The summed E-state index contributed by atoms with van der Waals surface area (Å²) >= 11 is 0. The molecule has 1 N–H and O–H groups in total. The van der Waals surface area contributed by atoms with Gasteiger partial charge in [-0.25, -0.2) is 0 Å². The third kappa shape index (κ3) is 2.83. The molecule has 2 aromatic carbocycles. The van der Waals surface area contributed by atoms with Crippen LogP contribution in [0.1, 0.15) is 18.7 Å². The van der Waals surface area contributed by atoms with Crippen molar-refractivity contribution in [2.75, 3.05) is 12.4 Å². The van der Waals surface area contributed by atoms with Gasteiger partial charge in [-0.1, -0.05) is 24.3 Å². The van der Waals surface area contributed by atoms with E-state index in [2.05, 4.69) is 5.32 Å². The molecule has 1 aromatic heterocycles. The minimum atomic E-state index is -0.452. The smallest absolute Gasteiger partial charge is 0.333 e. The molecular formula is C17H16N2O4. The molecule has 3 rings (SSSR count). The van der Waals surface area contributed by atoms with E-state index in [1.54, 1.807) is 18.2 Å². The average molecular weight is 312 g/mol. The van der Waals surface area contributed by atoms with Crippen molar-refractivity contribution in [2.45, 2.75) is 13.0 Å². The van der Waals surface area contributed by atoms with Gasteiger partial charge in [-0.3, -0.25) is 10.1 Å². The van der Waals surface area contributed by atoms with E-state index in [1.165, 1.54) is 7.11 Å². The molecule has 0 bridgehead atoms. The highest BCUT2D eigenvalue weighted by atomic mass is 16.6. The Bertz CT molecular complexity index is 824. The number of benzene rings is 2. The number of nitrogens with one attached hydrogen (secondary N) is 1. The van der Waals surface area contributed by atoms with Gasteiger partial charge in [-0.2, -0.15) is 0 Å². The maximum Gasteiger partial charge on any atom is 0.333 e. The minimum Gasteiger partial charge on any atom is -0.490 e. The molecule has 0 saturated carbocycles. The summed E-state index contributed by atoms with van der Waals surface area (Å²) in [4.78, 5) is 10.9. The molecule has 118 valence electrons. The first-order chi connectivity index (χ1) is 11.1. The van der Waals surface area contributed by atoms with Crippen LogP contribution in [0.25, 0.3) is 11.0 Å². The fourth-order valence-electron chi connectivity index (χ4n) is 2.51. The van der Waals surface area contributed by atoms with E-state index in [9.17, 15) is 10.1 Å². The van der Waals surface area contributed by atoms with Crippen LogP contribution in [-0.2, 0) is 0 Å². The van der Waals surface area contributed by atoms with Crippen molar-refractivity contribution in [2.24, 2.45) is 0 Å². The lowest BCUT2D eigenvalue weighted by Crippen LogP contribution is -2.08. The van der Waals surface area contributed by atoms with Gasteiger partial charge in [0.1, 0.15) is 17.0 Å². The largest absolute Gasteiger partial charge is 0.490 e. The Hall–Kier alpha value is -3.02. The normalized spacial score (nSPS) is 12.1. The summed E-state index contributed by atoms with van der Waals surface area (Å²) in [7, 11) is 1.41. The van der Waals surface area contributed by atoms with Crippen molar-refractivity contribution in [3.05, 3.63) is 64.4 Å². The zero-order valence-electron chi connectivity index (χ0n) is 12.8. The number of furan rings is 1. The van der Waals surface area contributed by atoms with Crippen LogP contribution in [0.5, 0.6) is 5.75 Å². The van der Waals surface area contributed by atoms with Crippen molar-refractivity contribution < 1.29 is 14.1 Å². The number of fused-ring (bicyclic) bond motifs is 1. The fourth-order valence-corrected chi connectivity index (χ4v) is 2.51. The number of nitrogens with zero attached hydrogens (tertiary/aromatic N) is 1. The summed E-state index contributed by atoms with van der Waals surface area (Å²) < 4.78 is 10.9. The van der Waals surface area contributed by atoms with Crippen molar-refractivity contribution in [3.63, 3.8) is 0 Å². The van der Waals surface area contributed by atoms with E-state index in [1.807, 2.05) is 37.3 Å². The summed E-state index contributed by atoms with van der Waals surface area (Å²) in [6.45, 7) is 1.89. The first-order valence-corrected chi connectivity index (χ1v) is 7.16. The summed E-state index contributed by atoms with van der Waals surface area (Å²) in [6.07, 6.45) is 0. The van der Waals surface area contributed by atoms with Crippen LogP contribution in [0.4, 0.5) is 11.4 Å². The Morgan fingerprint density at radius 2 is 2.00 bits per heavy atom. The van der Waals surface area contributed by atoms with E-state index in [-0.39, 0.29) is 17.5 Å². The number of ether oxygens (including phenoxy) is 1. The molecule has 6 heteroatoms. The molecule has 0 aliphatic carbocycles. The molecule has 23 heavy (non-hydrogen) atoms. The van der Waals surface area contributed by atoms with E-state index in [0.29, 0.717) is 11.4 Å². The molecule has 0 spiro atoms. The summed E-state index contributed by atoms with van der Waals surface area (Å²) in [5.74, 6) is 0.931. The highest BCUT2D eigenvalue weighted by Gasteiger charge is 2.22. The van der Waals surface area contributed by atoms with Crippen LogP contribution in [0.15, 0.2) is 52.9 Å². The maximum atomic E-state index is 11.3. The number of hydrogen-bond donors (Lipinski definition) is 1. The summed E-state index contributed by atoms with van der Waals surface area (Å²) in [5.41, 5.74) is 1.09. The molecule has 0 aliphatic rings. The Morgan fingerprint density at radius 3 is 2.70 bits per heavy atom. The molecule has 0 amide bonds. The van der Waals surface area contributed by atoms with E-state index in [0.717, 1.165) is 11.0 Å². The Labute approximate surface area is 132 Å². The summed E-state index contributed by atoms with van der Waals surface area (Å²) in [6, 6.07) is 14.3. The molecule has 0 unspecified atom stereocenters. The fraction of sp³-hybridized carbons (Fsp3) is 0.176. The number of hydrogen-bond acceptors (Lipinski definition) is 5. The quantitative estimate of drug-likeness (QED) is 0.553. The zero-order valence-corrected chi connectivity index (χ0v) is 12.8. The molecule has 6 nitrogen and oxygen atoms in total. The average Bonchev–Trinajstić information content (AvgIpc) is 2.98. The summed E-state index contributed by atoms with van der Waals surface area (Å²) in [5, 5.41) is 15.4. The predicted octanol–water partition coefficient (Wildman–Crippen LogP) is 4.52. The van der Waals surface area contributed by atoms with Crippen molar-refractivity contribution in [1.82, 2.24) is 0 Å². The second kappa shape index (κ2) is 6.00.